The largest absolute Gasteiger partial charge is 0.494 e. The predicted molar refractivity (Wildman–Crippen MR) is 143 cm³/mol. The number of thiazole rings is 1. The summed E-state index contributed by atoms with van der Waals surface area (Å²) in [5, 5.41) is 1.22. The van der Waals surface area contributed by atoms with Gasteiger partial charge in [-0.15, -0.1) is 0 Å². The molecule has 0 unspecified atom stereocenters. The van der Waals surface area contributed by atoms with Crippen molar-refractivity contribution in [3.8, 4) is 16.9 Å². The number of hydrogen-bond acceptors (Lipinski definition) is 5. The number of carbonyl (C=O) groups is 1. The minimum absolute atomic E-state index is 0.0825. The summed E-state index contributed by atoms with van der Waals surface area (Å²) in [5.74, 6) is 0.561. The molecule has 0 aliphatic carbocycles. The van der Waals surface area contributed by atoms with Gasteiger partial charge < -0.3 is 9.64 Å². The molecule has 5 nitrogen and oxygen atoms in total. The second-order valence-electron chi connectivity index (χ2n) is 7.85. The van der Waals surface area contributed by atoms with Gasteiger partial charge in [0.15, 0.2) is 5.13 Å². The maximum absolute atomic E-state index is 13.7. The minimum atomic E-state index is -0.0825. The van der Waals surface area contributed by atoms with Gasteiger partial charge >= 0.3 is 0 Å². The number of benzene rings is 3. The topological polar surface area (TPSA) is 45.7 Å². The van der Waals surface area contributed by atoms with Gasteiger partial charge in [0.25, 0.3) is 5.91 Å². The maximum Gasteiger partial charge on any atom is 0.260 e. The monoisotopic (exact) mass is 493 g/mol. The Labute approximate surface area is 209 Å². The third-order valence-electron chi connectivity index (χ3n) is 5.92. The molecular weight excluding hydrogens is 466 g/mol. The van der Waals surface area contributed by atoms with Gasteiger partial charge in [-0.3, -0.25) is 9.69 Å². The third kappa shape index (κ3) is 5.09. The summed E-state index contributed by atoms with van der Waals surface area (Å²) < 4.78 is 6.30. The molecule has 0 aliphatic rings. The lowest BCUT2D eigenvalue weighted by Gasteiger charge is -2.24. The fraction of sp³-hybridized carbons (Fsp3) is 0.259. The molecule has 0 N–H and O–H groups in total. The van der Waals surface area contributed by atoms with E-state index >= 15 is 0 Å². The van der Waals surface area contributed by atoms with Gasteiger partial charge in [0, 0.05) is 18.7 Å². The fourth-order valence-corrected chi connectivity index (χ4v) is 5.16. The SMILES string of the molecule is CCN(CC)CCN(C(=O)c1ccc(-c2ccccc2)cc1)c1nc2c(OC)ccc(Cl)c2s1. The van der Waals surface area contributed by atoms with E-state index in [1.165, 1.54) is 11.3 Å². The van der Waals surface area contributed by atoms with Crippen molar-refractivity contribution in [3.05, 3.63) is 77.3 Å². The van der Waals surface area contributed by atoms with Crippen LogP contribution in [0.15, 0.2) is 66.7 Å². The summed E-state index contributed by atoms with van der Waals surface area (Å²) in [6, 6.07) is 21.5. The number of fused-ring (bicyclic) bond motifs is 1. The highest BCUT2D eigenvalue weighted by molar-refractivity contribution is 7.23. The molecule has 0 fully saturated rings. The zero-order chi connectivity index (χ0) is 24.1. The van der Waals surface area contributed by atoms with Crippen LogP contribution in [0.5, 0.6) is 5.75 Å². The maximum atomic E-state index is 13.7. The van der Waals surface area contributed by atoms with E-state index in [0.29, 0.717) is 33.5 Å². The molecule has 1 heterocycles. The first kappa shape index (κ1) is 24.2. The number of methoxy groups -OCH3 is 1. The average molecular weight is 494 g/mol. The van der Waals surface area contributed by atoms with Crippen LogP contribution >= 0.6 is 22.9 Å². The van der Waals surface area contributed by atoms with E-state index in [1.54, 1.807) is 24.1 Å². The van der Waals surface area contributed by atoms with Crippen LogP contribution in [0.3, 0.4) is 0 Å². The van der Waals surface area contributed by atoms with Crippen LogP contribution in [0.1, 0.15) is 24.2 Å². The van der Waals surface area contributed by atoms with Crippen LogP contribution in [0, 0.1) is 0 Å². The zero-order valence-corrected chi connectivity index (χ0v) is 21.2. The second-order valence-corrected chi connectivity index (χ2v) is 9.24. The van der Waals surface area contributed by atoms with Gasteiger partial charge in [0.1, 0.15) is 11.3 Å². The van der Waals surface area contributed by atoms with Crippen LogP contribution in [0.2, 0.25) is 5.02 Å². The highest BCUT2D eigenvalue weighted by atomic mass is 35.5. The summed E-state index contributed by atoms with van der Waals surface area (Å²) >= 11 is 7.87. The van der Waals surface area contributed by atoms with E-state index in [1.807, 2.05) is 42.5 Å². The Morgan fingerprint density at radius 2 is 1.62 bits per heavy atom. The first-order valence-electron chi connectivity index (χ1n) is 11.4. The smallest absolute Gasteiger partial charge is 0.260 e. The number of aromatic nitrogens is 1. The third-order valence-corrected chi connectivity index (χ3v) is 7.46. The summed E-state index contributed by atoms with van der Waals surface area (Å²) in [6.07, 6.45) is 0. The molecule has 0 spiro atoms. The van der Waals surface area contributed by atoms with Crippen molar-refractivity contribution in [2.45, 2.75) is 13.8 Å². The number of halogens is 1. The predicted octanol–water partition coefficient (Wildman–Crippen LogP) is 6.61. The first-order valence-corrected chi connectivity index (χ1v) is 12.6. The Morgan fingerprint density at radius 3 is 2.26 bits per heavy atom. The van der Waals surface area contributed by atoms with E-state index in [9.17, 15) is 4.79 Å². The van der Waals surface area contributed by atoms with Crippen molar-refractivity contribution in [1.82, 2.24) is 9.88 Å². The first-order chi connectivity index (χ1) is 16.5. The molecular formula is C27H28ClN3O2S. The van der Waals surface area contributed by atoms with E-state index in [4.69, 9.17) is 21.3 Å². The lowest BCUT2D eigenvalue weighted by molar-refractivity contribution is 0.0984. The number of rotatable bonds is 9. The van der Waals surface area contributed by atoms with Crippen molar-refractivity contribution >= 4 is 44.2 Å². The molecule has 0 aliphatic heterocycles. The van der Waals surface area contributed by atoms with Crippen molar-refractivity contribution in [2.24, 2.45) is 0 Å². The molecule has 176 valence electrons. The molecule has 34 heavy (non-hydrogen) atoms. The molecule has 1 amide bonds. The molecule has 0 saturated heterocycles. The molecule has 1 aromatic heterocycles. The van der Waals surface area contributed by atoms with Crippen molar-refractivity contribution in [1.29, 1.82) is 0 Å². The number of amides is 1. The number of anilines is 1. The number of nitrogens with zero attached hydrogens (tertiary/aromatic N) is 3. The number of likely N-dealkylation sites (N-methyl/N-ethyl adjacent to an activating group) is 1. The Kier molecular flexibility index (Phi) is 7.83. The summed E-state index contributed by atoms with van der Waals surface area (Å²) in [4.78, 5) is 22.5. The van der Waals surface area contributed by atoms with Crippen molar-refractivity contribution < 1.29 is 9.53 Å². The van der Waals surface area contributed by atoms with Gasteiger partial charge in [-0.25, -0.2) is 4.98 Å². The normalized spacial score (nSPS) is 11.2. The van der Waals surface area contributed by atoms with Gasteiger partial charge in [0.2, 0.25) is 0 Å². The molecule has 0 radical (unpaired) electrons. The van der Waals surface area contributed by atoms with Crippen LogP contribution in [0.4, 0.5) is 5.13 Å². The minimum Gasteiger partial charge on any atom is -0.494 e. The highest BCUT2D eigenvalue weighted by Gasteiger charge is 2.23. The van der Waals surface area contributed by atoms with E-state index in [0.717, 1.165) is 35.5 Å². The number of carbonyl (C=O) groups excluding carboxylic acids is 1. The molecule has 3 aromatic carbocycles. The molecule has 4 aromatic rings. The van der Waals surface area contributed by atoms with Gasteiger partial charge in [-0.1, -0.05) is 79.2 Å². The van der Waals surface area contributed by atoms with Crippen molar-refractivity contribution in [3.63, 3.8) is 0 Å². The Balaban J connectivity index is 1.69. The lowest BCUT2D eigenvalue weighted by atomic mass is 10.0. The molecule has 0 atom stereocenters. The Bertz CT molecular complexity index is 1250. The lowest BCUT2D eigenvalue weighted by Crippen LogP contribution is -2.38. The second kappa shape index (κ2) is 11.0. The number of hydrogen-bond donors (Lipinski definition) is 0. The highest BCUT2D eigenvalue weighted by Crippen LogP contribution is 2.39. The Hall–Kier alpha value is -2.93. The Morgan fingerprint density at radius 1 is 0.941 bits per heavy atom. The summed E-state index contributed by atoms with van der Waals surface area (Å²) in [5.41, 5.74) is 3.49. The van der Waals surface area contributed by atoms with Gasteiger partial charge in [-0.05, 0) is 48.5 Å². The van der Waals surface area contributed by atoms with E-state index in [2.05, 4.69) is 30.9 Å². The molecule has 7 heteroatoms. The van der Waals surface area contributed by atoms with Gasteiger partial charge in [0.05, 0.1) is 16.8 Å². The van der Waals surface area contributed by atoms with Crippen LogP contribution in [0.25, 0.3) is 21.3 Å². The average Bonchev–Trinajstić information content (AvgIpc) is 3.33. The van der Waals surface area contributed by atoms with E-state index in [-0.39, 0.29) is 5.91 Å². The number of ether oxygens (including phenoxy) is 1. The fourth-order valence-electron chi connectivity index (χ4n) is 3.88. The summed E-state index contributed by atoms with van der Waals surface area (Å²) in [7, 11) is 1.61. The van der Waals surface area contributed by atoms with Crippen LogP contribution in [-0.4, -0.2) is 49.1 Å². The quantitative estimate of drug-likeness (QED) is 0.263. The molecule has 4 rings (SSSR count). The van der Waals surface area contributed by atoms with E-state index < -0.39 is 0 Å². The molecule has 0 saturated carbocycles. The van der Waals surface area contributed by atoms with Crippen LogP contribution < -0.4 is 9.64 Å². The zero-order valence-electron chi connectivity index (χ0n) is 19.6. The van der Waals surface area contributed by atoms with Crippen molar-refractivity contribution in [2.75, 3.05) is 38.2 Å². The molecule has 0 bridgehead atoms. The van der Waals surface area contributed by atoms with Crippen LogP contribution in [-0.2, 0) is 0 Å². The standard InChI is InChI=1S/C27H28ClN3O2S/c1-4-30(5-2)17-18-31(27-29-24-23(33-3)16-15-22(28)25(24)34-27)26(32)21-13-11-20(12-14-21)19-9-7-6-8-10-19/h6-16H,4-5,17-18H2,1-3H3. The van der Waals surface area contributed by atoms with Gasteiger partial charge in [-0.2, -0.15) is 0 Å². The summed E-state index contributed by atoms with van der Waals surface area (Å²) in [6.45, 7) is 7.37.